The quantitative estimate of drug-likeness (QED) is 0.0374. The van der Waals surface area contributed by atoms with Crippen LogP contribution in [0.3, 0.4) is 0 Å². The lowest BCUT2D eigenvalue weighted by Crippen LogP contribution is -2.28. The van der Waals surface area contributed by atoms with Gasteiger partial charge in [-0.2, -0.15) is 0 Å². The number of ether oxygens (including phenoxy) is 2. The van der Waals surface area contributed by atoms with Crippen LogP contribution >= 0.6 is 0 Å². The first-order valence-electron chi connectivity index (χ1n) is 26.4. The van der Waals surface area contributed by atoms with Crippen LogP contribution in [0.15, 0.2) is 109 Å². The molecule has 0 saturated heterocycles. The van der Waals surface area contributed by atoms with Crippen molar-refractivity contribution in [3.05, 3.63) is 109 Å². The molecular weight excluding hydrogens is 789 g/mol. The molecule has 1 N–H and O–H groups in total. The largest absolute Gasteiger partial charge is 0.462 e. The summed E-state index contributed by atoms with van der Waals surface area (Å²) in [6.45, 7) is 3.91. The monoisotopic (exact) mass is 887 g/mol. The fourth-order valence-electron chi connectivity index (χ4n) is 7.16. The average Bonchev–Trinajstić information content (AvgIpc) is 3.30. The topological polar surface area (TPSA) is 72.8 Å². The highest BCUT2D eigenvalue weighted by Gasteiger charge is 2.16. The lowest BCUT2D eigenvalue weighted by atomic mass is 10.0. The van der Waals surface area contributed by atoms with E-state index in [9.17, 15) is 14.7 Å². The SMILES string of the molecule is CC/C=C\C/C=C\C/C=C\C/C=C\C/C=C\CCCCCCCCCC(=O)OC(CO)COC(=O)CCCCCCCCCCCCCCCC/C=C\C/C=C\C/C=C\C/C=C\CC. The Bertz CT molecular complexity index is 1280. The van der Waals surface area contributed by atoms with E-state index in [0.717, 1.165) is 103 Å². The zero-order chi connectivity index (χ0) is 46.3. The summed E-state index contributed by atoms with van der Waals surface area (Å²) in [6.07, 6.45) is 77.5. The van der Waals surface area contributed by atoms with Gasteiger partial charge < -0.3 is 14.6 Å². The van der Waals surface area contributed by atoms with E-state index in [1.807, 2.05) is 0 Å². The van der Waals surface area contributed by atoms with Gasteiger partial charge in [0.1, 0.15) is 6.61 Å². The number of carbonyl (C=O) groups excluding carboxylic acids is 2. The Kier molecular flexibility index (Phi) is 51.0. The second-order valence-electron chi connectivity index (χ2n) is 17.2. The highest BCUT2D eigenvalue weighted by Crippen LogP contribution is 2.15. The van der Waals surface area contributed by atoms with Gasteiger partial charge in [-0.3, -0.25) is 9.59 Å². The first kappa shape index (κ1) is 60.6. The van der Waals surface area contributed by atoms with Crippen LogP contribution in [0.5, 0.6) is 0 Å². The number of hydrogen-bond donors (Lipinski definition) is 1. The average molecular weight is 887 g/mol. The maximum atomic E-state index is 12.3. The third kappa shape index (κ3) is 51.2. The summed E-state index contributed by atoms with van der Waals surface area (Å²) in [4.78, 5) is 24.5. The Morgan fingerprint density at radius 1 is 0.359 bits per heavy atom. The minimum Gasteiger partial charge on any atom is -0.462 e. The van der Waals surface area contributed by atoms with Gasteiger partial charge in [0, 0.05) is 12.8 Å². The van der Waals surface area contributed by atoms with E-state index in [2.05, 4.69) is 123 Å². The number of aliphatic hydroxyl groups is 1. The highest BCUT2D eigenvalue weighted by molar-refractivity contribution is 5.70. The minimum atomic E-state index is -0.786. The number of allylic oxidation sites excluding steroid dienone is 18. The number of unbranched alkanes of at least 4 members (excludes halogenated alkanes) is 21. The van der Waals surface area contributed by atoms with Crippen molar-refractivity contribution < 1.29 is 24.2 Å². The first-order valence-corrected chi connectivity index (χ1v) is 26.4. The summed E-state index contributed by atoms with van der Waals surface area (Å²) >= 11 is 0. The molecule has 0 aromatic heterocycles. The molecule has 5 nitrogen and oxygen atoms in total. The molecule has 0 radical (unpaired) electrons. The predicted octanol–water partition coefficient (Wildman–Crippen LogP) is 17.7. The zero-order valence-electron chi connectivity index (χ0n) is 41.5. The maximum Gasteiger partial charge on any atom is 0.306 e. The molecule has 0 aliphatic heterocycles. The van der Waals surface area contributed by atoms with Gasteiger partial charge in [-0.15, -0.1) is 0 Å². The molecule has 0 spiro atoms. The highest BCUT2D eigenvalue weighted by atomic mass is 16.6. The van der Waals surface area contributed by atoms with E-state index < -0.39 is 6.10 Å². The zero-order valence-corrected chi connectivity index (χ0v) is 41.5. The molecule has 0 fully saturated rings. The Morgan fingerprint density at radius 2 is 0.625 bits per heavy atom. The molecule has 1 unspecified atom stereocenters. The summed E-state index contributed by atoms with van der Waals surface area (Å²) in [5.41, 5.74) is 0. The lowest BCUT2D eigenvalue weighted by molar-refractivity contribution is -0.161. The summed E-state index contributed by atoms with van der Waals surface area (Å²) in [5.74, 6) is -0.606. The summed E-state index contributed by atoms with van der Waals surface area (Å²) in [6, 6.07) is 0. The molecule has 0 saturated carbocycles. The Labute approximate surface area is 395 Å². The maximum absolute atomic E-state index is 12.3. The van der Waals surface area contributed by atoms with Crippen molar-refractivity contribution in [2.24, 2.45) is 0 Å². The van der Waals surface area contributed by atoms with Gasteiger partial charge in [-0.25, -0.2) is 0 Å². The van der Waals surface area contributed by atoms with Crippen LogP contribution in [-0.2, 0) is 19.1 Å². The normalized spacial score (nSPS) is 13.1. The molecule has 0 aromatic rings. The molecular formula is C59H98O5. The van der Waals surface area contributed by atoms with Crippen LogP contribution in [0.1, 0.15) is 232 Å². The second kappa shape index (κ2) is 53.9. The van der Waals surface area contributed by atoms with Gasteiger partial charge in [0.2, 0.25) is 0 Å². The molecule has 0 aromatic carbocycles. The molecule has 5 heteroatoms. The second-order valence-corrected chi connectivity index (χ2v) is 17.2. The van der Waals surface area contributed by atoms with E-state index in [-0.39, 0.29) is 25.2 Å². The van der Waals surface area contributed by atoms with Crippen LogP contribution in [0.4, 0.5) is 0 Å². The molecule has 0 rings (SSSR count). The molecule has 0 aliphatic carbocycles. The smallest absolute Gasteiger partial charge is 0.306 e. The van der Waals surface area contributed by atoms with E-state index in [1.54, 1.807) is 0 Å². The van der Waals surface area contributed by atoms with Crippen LogP contribution in [0.25, 0.3) is 0 Å². The van der Waals surface area contributed by atoms with Crippen LogP contribution in [0.2, 0.25) is 0 Å². The van der Waals surface area contributed by atoms with Crippen molar-refractivity contribution >= 4 is 11.9 Å². The lowest BCUT2D eigenvalue weighted by Gasteiger charge is -2.15. The number of aliphatic hydroxyl groups excluding tert-OH is 1. The van der Waals surface area contributed by atoms with Crippen LogP contribution in [0, 0.1) is 0 Å². The van der Waals surface area contributed by atoms with Crippen LogP contribution < -0.4 is 0 Å². The van der Waals surface area contributed by atoms with Crippen molar-refractivity contribution in [2.45, 2.75) is 238 Å². The van der Waals surface area contributed by atoms with E-state index in [4.69, 9.17) is 9.47 Å². The first-order chi connectivity index (χ1) is 31.6. The number of hydrogen-bond acceptors (Lipinski definition) is 5. The van der Waals surface area contributed by atoms with Gasteiger partial charge >= 0.3 is 11.9 Å². The van der Waals surface area contributed by atoms with Crippen molar-refractivity contribution in [1.29, 1.82) is 0 Å². The fourth-order valence-corrected chi connectivity index (χ4v) is 7.16. The van der Waals surface area contributed by atoms with Crippen molar-refractivity contribution in [1.82, 2.24) is 0 Å². The fraction of sp³-hybridized carbons (Fsp3) is 0.661. The molecule has 0 heterocycles. The van der Waals surface area contributed by atoms with Crippen molar-refractivity contribution in [3.63, 3.8) is 0 Å². The van der Waals surface area contributed by atoms with E-state index >= 15 is 0 Å². The third-order valence-electron chi connectivity index (χ3n) is 11.1. The molecule has 1 atom stereocenters. The van der Waals surface area contributed by atoms with Gasteiger partial charge in [-0.1, -0.05) is 232 Å². The third-order valence-corrected chi connectivity index (χ3v) is 11.1. The van der Waals surface area contributed by atoms with Gasteiger partial charge in [0.05, 0.1) is 6.61 Å². The van der Waals surface area contributed by atoms with Crippen molar-refractivity contribution in [2.75, 3.05) is 13.2 Å². The van der Waals surface area contributed by atoms with E-state index in [0.29, 0.717) is 12.8 Å². The standard InChI is InChI=1S/C59H98O5/c1-3-5-7-9-11-13-15-17-19-21-23-25-27-28-29-30-32-33-35-37-39-41-43-45-47-49-51-53-58(61)63-56-57(55-60)64-59(62)54-52-50-48-46-44-42-40-38-36-34-31-26-24-22-20-18-16-14-12-10-8-6-4-2/h5-8,11-14,17-20,23-26,34,36,57,60H,3-4,9-10,15-16,21-22,27-33,35,37-56H2,1-2H3/b7-5-,8-6-,13-11-,14-12-,19-17-,20-18-,25-23-,26-24-,36-34-. The molecule has 0 aliphatic rings. The minimum absolute atomic E-state index is 0.0760. The molecule has 0 amide bonds. The Morgan fingerprint density at radius 3 is 0.938 bits per heavy atom. The van der Waals surface area contributed by atoms with E-state index in [1.165, 1.54) is 103 Å². The van der Waals surface area contributed by atoms with Crippen molar-refractivity contribution in [3.8, 4) is 0 Å². The van der Waals surface area contributed by atoms with Gasteiger partial charge in [0.15, 0.2) is 6.10 Å². The Balaban J connectivity index is 3.54. The summed E-state index contributed by atoms with van der Waals surface area (Å²) in [7, 11) is 0. The number of rotatable bonds is 47. The number of carbonyl (C=O) groups is 2. The Hall–Kier alpha value is -3.44. The van der Waals surface area contributed by atoms with Gasteiger partial charge in [-0.05, 0) is 96.3 Å². The summed E-state index contributed by atoms with van der Waals surface area (Å²) in [5, 5.41) is 9.64. The molecule has 364 valence electrons. The van der Waals surface area contributed by atoms with Crippen LogP contribution in [-0.4, -0.2) is 36.4 Å². The summed E-state index contributed by atoms with van der Waals surface area (Å²) < 4.78 is 10.7. The number of esters is 2. The predicted molar refractivity (Wildman–Crippen MR) is 279 cm³/mol. The van der Waals surface area contributed by atoms with Gasteiger partial charge in [0.25, 0.3) is 0 Å². The molecule has 0 bridgehead atoms. The molecule has 64 heavy (non-hydrogen) atoms.